The van der Waals surface area contributed by atoms with Crippen molar-refractivity contribution >= 4 is 12.0 Å². The van der Waals surface area contributed by atoms with Crippen LogP contribution in [0.4, 0.5) is 4.39 Å². The smallest absolute Gasteiger partial charge is 0.261 e. The van der Waals surface area contributed by atoms with Crippen LogP contribution < -0.4 is 5.32 Å². The Kier molecular flexibility index (Phi) is 5.59. The van der Waals surface area contributed by atoms with Gasteiger partial charge in [-0.05, 0) is 30.2 Å². The summed E-state index contributed by atoms with van der Waals surface area (Å²) in [5.74, 6) is -0.742. The third-order valence-corrected chi connectivity index (χ3v) is 2.36. The lowest BCUT2D eigenvalue weighted by Crippen LogP contribution is -2.25. The van der Waals surface area contributed by atoms with Crippen LogP contribution in [0.2, 0.25) is 0 Å². The Labute approximate surface area is 106 Å². The number of unbranched alkanes of at least 4 members (excludes halogenated alkanes) is 1. The van der Waals surface area contributed by atoms with Gasteiger partial charge >= 0.3 is 0 Å². The van der Waals surface area contributed by atoms with Crippen LogP contribution in [-0.4, -0.2) is 12.5 Å². The average Bonchev–Trinajstić information content (AvgIpc) is 2.38. The van der Waals surface area contributed by atoms with Crippen molar-refractivity contribution in [2.24, 2.45) is 0 Å². The first-order valence-electron chi connectivity index (χ1n) is 5.83. The molecule has 1 rings (SSSR count). The number of amides is 1. The molecule has 4 heteroatoms. The summed E-state index contributed by atoms with van der Waals surface area (Å²) in [7, 11) is 0. The van der Waals surface area contributed by atoms with Gasteiger partial charge in [-0.2, -0.15) is 5.26 Å². The molecule has 0 fully saturated rings. The van der Waals surface area contributed by atoms with Gasteiger partial charge in [0.1, 0.15) is 17.5 Å². The van der Waals surface area contributed by atoms with E-state index in [4.69, 9.17) is 5.26 Å². The minimum Gasteiger partial charge on any atom is -0.351 e. The lowest BCUT2D eigenvalue weighted by Gasteiger charge is -2.02. The van der Waals surface area contributed by atoms with Gasteiger partial charge in [0.2, 0.25) is 0 Å². The topological polar surface area (TPSA) is 52.9 Å². The lowest BCUT2D eigenvalue weighted by atomic mass is 10.1. The zero-order valence-corrected chi connectivity index (χ0v) is 10.2. The summed E-state index contributed by atoms with van der Waals surface area (Å²) in [5.41, 5.74) is 0.649. The molecule has 0 unspecified atom stereocenters. The first-order chi connectivity index (χ1) is 8.67. The molecule has 94 valence electrons. The van der Waals surface area contributed by atoms with Gasteiger partial charge in [-0.3, -0.25) is 4.79 Å². The molecular weight excluding hydrogens is 231 g/mol. The Hall–Kier alpha value is -2.15. The Bertz CT molecular complexity index is 472. The van der Waals surface area contributed by atoms with Crippen molar-refractivity contribution in [2.45, 2.75) is 19.8 Å². The predicted octanol–water partition coefficient (Wildman–Crippen LogP) is 2.65. The van der Waals surface area contributed by atoms with Crippen LogP contribution >= 0.6 is 0 Å². The molecular formula is C14H15FN2O. The van der Waals surface area contributed by atoms with E-state index in [0.717, 1.165) is 12.8 Å². The largest absolute Gasteiger partial charge is 0.351 e. The molecule has 0 aliphatic rings. The molecule has 0 aliphatic heterocycles. The molecule has 0 spiro atoms. The fraction of sp³-hybridized carbons (Fsp3) is 0.286. The van der Waals surface area contributed by atoms with Crippen LogP contribution in [0.25, 0.3) is 6.08 Å². The highest BCUT2D eigenvalue weighted by molar-refractivity contribution is 6.01. The number of benzene rings is 1. The molecule has 0 bridgehead atoms. The van der Waals surface area contributed by atoms with Crippen LogP contribution in [0.3, 0.4) is 0 Å². The van der Waals surface area contributed by atoms with E-state index in [-0.39, 0.29) is 11.4 Å². The minimum atomic E-state index is -0.393. The second kappa shape index (κ2) is 7.23. The van der Waals surface area contributed by atoms with E-state index in [0.29, 0.717) is 12.1 Å². The summed E-state index contributed by atoms with van der Waals surface area (Å²) in [5, 5.41) is 11.6. The maximum absolute atomic E-state index is 12.7. The molecule has 1 amide bonds. The van der Waals surface area contributed by atoms with Crippen molar-refractivity contribution in [3.63, 3.8) is 0 Å². The van der Waals surface area contributed by atoms with Crippen LogP contribution in [0, 0.1) is 17.1 Å². The van der Waals surface area contributed by atoms with Gasteiger partial charge < -0.3 is 5.32 Å². The Balaban J connectivity index is 2.74. The van der Waals surface area contributed by atoms with Gasteiger partial charge in [-0.1, -0.05) is 25.5 Å². The Morgan fingerprint density at radius 3 is 2.67 bits per heavy atom. The molecule has 0 radical (unpaired) electrons. The van der Waals surface area contributed by atoms with Crippen molar-refractivity contribution in [1.29, 1.82) is 5.26 Å². The number of halogens is 1. The van der Waals surface area contributed by atoms with E-state index >= 15 is 0 Å². The summed E-state index contributed by atoms with van der Waals surface area (Å²) < 4.78 is 12.7. The number of hydrogen-bond acceptors (Lipinski definition) is 2. The van der Waals surface area contributed by atoms with E-state index in [1.807, 2.05) is 13.0 Å². The van der Waals surface area contributed by atoms with Crippen LogP contribution in [0.5, 0.6) is 0 Å². The van der Waals surface area contributed by atoms with E-state index < -0.39 is 5.91 Å². The van der Waals surface area contributed by atoms with E-state index in [2.05, 4.69) is 5.32 Å². The van der Waals surface area contributed by atoms with Crippen molar-refractivity contribution in [2.75, 3.05) is 6.54 Å². The fourth-order valence-electron chi connectivity index (χ4n) is 1.35. The van der Waals surface area contributed by atoms with Crippen LogP contribution in [0.1, 0.15) is 25.3 Å². The van der Waals surface area contributed by atoms with Crippen LogP contribution in [0.15, 0.2) is 29.8 Å². The van der Waals surface area contributed by atoms with E-state index in [9.17, 15) is 9.18 Å². The number of rotatable bonds is 5. The number of carbonyl (C=O) groups is 1. The van der Waals surface area contributed by atoms with Gasteiger partial charge in [0.15, 0.2) is 0 Å². The quantitative estimate of drug-likeness (QED) is 0.493. The molecule has 1 aromatic carbocycles. The van der Waals surface area contributed by atoms with Gasteiger partial charge in [0, 0.05) is 6.54 Å². The molecule has 1 aromatic rings. The summed E-state index contributed by atoms with van der Waals surface area (Å²) in [6, 6.07) is 7.46. The normalized spacial score (nSPS) is 10.8. The summed E-state index contributed by atoms with van der Waals surface area (Å²) in [6.45, 7) is 2.57. The maximum atomic E-state index is 12.7. The zero-order valence-electron chi connectivity index (χ0n) is 10.2. The van der Waals surface area contributed by atoms with E-state index in [1.54, 1.807) is 0 Å². The molecule has 0 saturated carbocycles. The monoisotopic (exact) mass is 246 g/mol. The number of nitrogens with one attached hydrogen (secondary N) is 1. The molecule has 0 aliphatic carbocycles. The molecule has 18 heavy (non-hydrogen) atoms. The third kappa shape index (κ3) is 4.38. The van der Waals surface area contributed by atoms with Crippen LogP contribution in [-0.2, 0) is 4.79 Å². The van der Waals surface area contributed by atoms with E-state index in [1.165, 1.54) is 30.3 Å². The molecule has 0 saturated heterocycles. The van der Waals surface area contributed by atoms with Crippen molar-refractivity contribution < 1.29 is 9.18 Å². The lowest BCUT2D eigenvalue weighted by molar-refractivity contribution is -0.117. The van der Waals surface area contributed by atoms with Gasteiger partial charge in [0.05, 0.1) is 0 Å². The molecule has 0 aromatic heterocycles. The summed E-state index contributed by atoms with van der Waals surface area (Å²) in [4.78, 5) is 11.6. The Morgan fingerprint density at radius 2 is 2.11 bits per heavy atom. The standard InChI is InChI=1S/C14H15FN2O/c1-2-3-8-17-14(18)12(10-16)9-11-4-6-13(15)7-5-11/h4-7,9H,2-3,8H2,1H3,(H,17,18). The highest BCUT2D eigenvalue weighted by atomic mass is 19.1. The fourth-order valence-corrected chi connectivity index (χ4v) is 1.35. The zero-order chi connectivity index (χ0) is 13.4. The maximum Gasteiger partial charge on any atom is 0.261 e. The summed E-state index contributed by atoms with van der Waals surface area (Å²) >= 11 is 0. The first-order valence-corrected chi connectivity index (χ1v) is 5.83. The Morgan fingerprint density at radius 1 is 1.44 bits per heavy atom. The molecule has 0 heterocycles. The predicted molar refractivity (Wildman–Crippen MR) is 67.9 cm³/mol. The number of nitriles is 1. The minimum absolute atomic E-state index is 0.0257. The second-order valence-electron chi connectivity index (χ2n) is 3.83. The highest BCUT2D eigenvalue weighted by Gasteiger charge is 2.07. The SMILES string of the molecule is CCCCNC(=O)C(C#N)=Cc1ccc(F)cc1. The number of nitrogens with zero attached hydrogens (tertiary/aromatic N) is 1. The molecule has 0 atom stereocenters. The van der Waals surface area contributed by atoms with Gasteiger partial charge in [0.25, 0.3) is 5.91 Å². The second-order valence-corrected chi connectivity index (χ2v) is 3.83. The average molecular weight is 246 g/mol. The molecule has 1 N–H and O–H groups in total. The summed E-state index contributed by atoms with van der Waals surface area (Å²) in [6.07, 6.45) is 3.30. The first kappa shape index (κ1) is 13.9. The van der Waals surface area contributed by atoms with Gasteiger partial charge in [-0.15, -0.1) is 0 Å². The van der Waals surface area contributed by atoms with Gasteiger partial charge in [-0.25, -0.2) is 4.39 Å². The van der Waals surface area contributed by atoms with Crippen molar-refractivity contribution in [3.05, 3.63) is 41.2 Å². The highest BCUT2D eigenvalue weighted by Crippen LogP contribution is 2.08. The third-order valence-electron chi connectivity index (χ3n) is 2.36. The van der Waals surface area contributed by atoms with Crippen molar-refractivity contribution in [1.82, 2.24) is 5.32 Å². The van der Waals surface area contributed by atoms with Crippen molar-refractivity contribution in [3.8, 4) is 6.07 Å². The number of hydrogen-bond donors (Lipinski definition) is 1. The molecule has 3 nitrogen and oxygen atoms in total. The number of carbonyl (C=O) groups excluding carboxylic acids is 1.